The van der Waals surface area contributed by atoms with E-state index < -0.39 is 6.10 Å². The largest absolute Gasteiger partial charge is 0.462 e. The fourth-order valence-electron chi connectivity index (χ4n) is 9.93. The first kappa shape index (κ1) is 76.6. The molecule has 6 nitrogen and oxygen atoms in total. The molecule has 0 fully saturated rings. The molecule has 0 spiro atoms. The van der Waals surface area contributed by atoms with Gasteiger partial charge in [0.1, 0.15) is 13.2 Å². The van der Waals surface area contributed by atoms with Crippen LogP contribution in [0.4, 0.5) is 0 Å². The first-order valence-corrected chi connectivity index (χ1v) is 34.6. The predicted octanol–water partition coefficient (Wildman–Crippen LogP) is 23.8. The lowest BCUT2D eigenvalue weighted by Crippen LogP contribution is -2.30. The van der Waals surface area contributed by atoms with E-state index in [2.05, 4.69) is 106 Å². The van der Waals surface area contributed by atoms with Gasteiger partial charge in [-0.15, -0.1) is 0 Å². The highest BCUT2D eigenvalue weighted by atomic mass is 16.6. The Hall–Kier alpha value is -3.41. The van der Waals surface area contributed by atoms with Crippen molar-refractivity contribution < 1.29 is 28.6 Å². The maximum absolute atomic E-state index is 12.9. The highest BCUT2D eigenvalue weighted by Crippen LogP contribution is 2.17. The average molecular weight is 1120 g/mol. The molecule has 0 radical (unpaired) electrons. The highest BCUT2D eigenvalue weighted by molar-refractivity contribution is 5.71. The molecule has 0 rings (SSSR count). The van der Waals surface area contributed by atoms with E-state index in [-0.39, 0.29) is 31.1 Å². The van der Waals surface area contributed by atoms with Crippen LogP contribution in [0.3, 0.4) is 0 Å². The Labute approximate surface area is 496 Å². The van der Waals surface area contributed by atoms with Crippen LogP contribution in [0.15, 0.2) is 85.1 Å². The van der Waals surface area contributed by atoms with Crippen molar-refractivity contribution in [1.82, 2.24) is 0 Å². The molecule has 80 heavy (non-hydrogen) atoms. The second-order valence-corrected chi connectivity index (χ2v) is 23.1. The van der Waals surface area contributed by atoms with E-state index >= 15 is 0 Å². The molecule has 0 bridgehead atoms. The molecule has 0 saturated heterocycles. The number of esters is 3. The van der Waals surface area contributed by atoms with Crippen molar-refractivity contribution in [1.29, 1.82) is 0 Å². The second kappa shape index (κ2) is 68.1. The highest BCUT2D eigenvalue weighted by Gasteiger charge is 2.19. The first-order valence-electron chi connectivity index (χ1n) is 34.6. The number of carbonyl (C=O) groups is 3. The minimum Gasteiger partial charge on any atom is -0.462 e. The summed E-state index contributed by atoms with van der Waals surface area (Å²) < 4.78 is 16.9. The van der Waals surface area contributed by atoms with Crippen molar-refractivity contribution >= 4 is 17.9 Å². The Kier molecular flexibility index (Phi) is 65.2. The van der Waals surface area contributed by atoms with Gasteiger partial charge in [0.25, 0.3) is 0 Å². The average Bonchev–Trinajstić information content (AvgIpc) is 3.46. The number of allylic oxidation sites excluding steroid dienone is 14. The van der Waals surface area contributed by atoms with Gasteiger partial charge in [-0.05, 0) is 116 Å². The zero-order valence-electron chi connectivity index (χ0n) is 53.1. The van der Waals surface area contributed by atoms with E-state index in [0.29, 0.717) is 19.3 Å². The monoisotopic (exact) mass is 1110 g/mol. The molecule has 0 amide bonds. The lowest BCUT2D eigenvalue weighted by Gasteiger charge is -2.18. The number of carbonyl (C=O) groups excluding carboxylic acids is 3. The van der Waals surface area contributed by atoms with Crippen molar-refractivity contribution in [2.45, 2.75) is 354 Å². The van der Waals surface area contributed by atoms with Crippen molar-refractivity contribution in [3.05, 3.63) is 85.1 Å². The molecule has 1 unspecified atom stereocenters. The fraction of sp³-hybridized carbons (Fsp3) is 0.770. The molecule has 0 aromatic carbocycles. The molecular weight excluding hydrogens is 985 g/mol. The lowest BCUT2D eigenvalue weighted by molar-refractivity contribution is -0.167. The summed E-state index contributed by atoms with van der Waals surface area (Å²) in [4.78, 5) is 38.4. The summed E-state index contributed by atoms with van der Waals surface area (Å²) in [6.45, 7) is 6.53. The van der Waals surface area contributed by atoms with Gasteiger partial charge < -0.3 is 14.2 Å². The summed E-state index contributed by atoms with van der Waals surface area (Å²) in [6, 6.07) is 0. The Morgan fingerprint density at radius 3 is 0.775 bits per heavy atom. The van der Waals surface area contributed by atoms with E-state index in [1.165, 1.54) is 199 Å². The van der Waals surface area contributed by atoms with E-state index in [9.17, 15) is 14.4 Å². The summed E-state index contributed by atoms with van der Waals surface area (Å²) in [6.07, 6.45) is 90.4. The van der Waals surface area contributed by atoms with Crippen LogP contribution in [0.1, 0.15) is 348 Å². The van der Waals surface area contributed by atoms with Crippen LogP contribution in [0.2, 0.25) is 0 Å². The topological polar surface area (TPSA) is 78.9 Å². The van der Waals surface area contributed by atoms with E-state index in [1.54, 1.807) is 0 Å². The molecule has 0 aromatic heterocycles. The Morgan fingerprint density at radius 1 is 0.263 bits per heavy atom. The van der Waals surface area contributed by atoms with Gasteiger partial charge in [-0.1, -0.05) is 298 Å². The molecule has 0 N–H and O–H groups in total. The van der Waals surface area contributed by atoms with E-state index in [1.807, 2.05) is 0 Å². The maximum Gasteiger partial charge on any atom is 0.306 e. The molecule has 0 aliphatic rings. The van der Waals surface area contributed by atoms with Gasteiger partial charge in [-0.25, -0.2) is 0 Å². The maximum atomic E-state index is 12.9. The van der Waals surface area contributed by atoms with Crippen LogP contribution in [0.5, 0.6) is 0 Å². The predicted molar refractivity (Wildman–Crippen MR) is 348 cm³/mol. The molecule has 0 aromatic rings. The summed E-state index contributed by atoms with van der Waals surface area (Å²) in [5, 5.41) is 0. The molecule has 0 aliphatic heterocycles. The molecule has 0 aliphatic carbocycles. The van der Waals surface area contributed by atoms with Gasteiger partial charge in [0.15, 0.2) is 6.10 Å². The standard InChI is InChI=1S/C74H130O6/c1-4-7-10-13-16-19-22-25-28-31-32-33-34-35-36-37-38-39-40-41-42-44-46-49-52-55-58-61-64-67-73(76)79-70-71(69-78-72(75)66-63-60-57-54-51-48-45-30-27-24-21-18-15-12-9-6-3)80-74(77)68-65-62-59-56-53-50-47-43-29-26-23-20-17-14-11-8-5-2/h8,11,17,20,22,25-26,29-32,45,47,50,71H,4-7,9-10,12-16,18-19,21,23-24,27-28,33-44,46,48-49,51-70H2,1-3H3/b11-8-,20-17-,25-22-,29-26-,32-31-,45-30-,50-47-. The van der Waals surface area contributed by atoms with Crippen LogP contribution < -0.4 is 0 Å². The van der Waals surface area contributed by atoms with Crippen LogP contribution in [-0.4, -0.2) is 37.2 Å². The normalized spacial score (nSPS) is 12.6. The third kappa shape index (κ3) is 65.4. The number of hydrogen-bond acceptors (Lipinski definition) is 6. The summed E-state index contributed by atoms with van der Waals surface area (Å²) in [5.41, 5.74) is 0. The zero-order valence-corrected chi connectivity index (χ0v) is 53.1. The van der Waals surface area contributed by atoms with Gasteiger partial charge in [-0.2, -0.15) is 0 Å². The molecule has 462 valence electrons. The molecule has 0 heterocycles. The van der Waals surface area contributed by atoms with Gasteiger partial charge in [0.05, 0.1) is 0 Å². The quantitative estimate of drug-likeness (QED) is 0.0261. The second-order valence-electron chi connectivity index (χ2n) is 23.1. The smallest absolute Gasteiger partial charge is 0.306 e. The molecule has 0 saturated carbocycles. The number of hydrogen-bond donors (Lipinski definition) is 0. The van der Waals surface area contributed by atoms with Crippen molar-refractivity contribution in [2.75, 3.05) is 13.2 Å². The van der Waals surface area contributed by atoms with Crippen molar-refractivity contribution in [3.8, 4) is 0 Å². The van der Waals surface area contributed by atoms with Crippen LogP contribution in [0.25, 0.3) is 0 Å². The fourth-order valence-corrected chi connectivity index (χ4v) is 9.93. The Morgan fingerprint density at radius 2 is 0.487 bits per heavy atom. The Balaban J connectivity index is 4.28. The number of rotatable bonds is 63. The van der Waals surface area contributed by atoms with Crippen molar-refractivity contribution in [2.24, 2.45) is 0 Å². The van der Waals surface area contributed by atoms with Gasteiger partial charge >= 0.3 is 17.9 Å². The van der Waals surface area contributed by atoms with Crippen molar-refractivity contribution in [3.63, 3.8) is 0 Å². The summed E-state index contributed by atoms with van der Waals surface area (Å²) in [5.74, 6) is -0.903. The van der Waals surface area contributed by atoms with Crippen LogP contribution >= 0.6 is 0 Å². The summed E-state index contributed by atoms with van der Waals surface area (Å²) >= 11 is 0. The number of ether oxygens (including phenoxy) is 3. The van der Waals surface area contributed by atoms with Crippen LogP contribution in [0, 0.1) is 0 Å². The first-order chi connectivity index (χ1) is 39.5. The van der Waals surface area contributed by atoms with E-state index in [0.717, 1.165) is 109 Å². The minimum atomic E-state index is -0.794. The summed E-state index contributed by atoms with van der Waals surface area (Å²) in [7, 11) is 0. The third-order valence-corrected chi connectivity index (χ3v) is 15.1. The minimum absolute atomic E-state index is 0.0868. The SMILES string of the molecule is CC/C=C\C/C=C\C/C=C\C/C=C\CCCCCCC(=O)OC(COC(=O)CCCCCCC/C=C\CCCCCCCCC)COC(=O)CCCCCCCCCCCCCCCCCCC/C=C\C/C=C\CCCCCCC. The number of unbranched alkanes of at least 4 members (excludes halogenated alkanes) is 38. The zero-order chi connectivity index (χ0) is 57.8. The third-order valence-electron chi connectivity index (χ3n) is 15.1. The molecule has 6 heteroatoms. The van der Waals surface area contributed by atoms with E-state index in [4.69, 9.17) is 14.2 Å². The van der Waals surface area contributed by atoms with Gasteiger partial charge in [-0.3, -0.25) is 14.4 Å². The van der Waals surface area contributed by atoms with Crippen LogP contribution in [-0.2, 0) is 28.6 Å². The Bertz CT molecular complexity index is 1520. The van der Waals surface area contributed by atoms with Gasteiger partial charge in [0, 0.05) is 19.3 Å². The molecular formula is C74H130O6. The lowest BCUT2D eigenvalue weighted by atomic mass is 10.0. The molecule has 1 atom stereocenters. The van der Waals surface area contributed by atoms with Gasteiger partial charge in [0.2, 0.25) is 0 Å².